The zero-order valence-electron chi connectivity index (χ0n) is 14.0. The van der Waals surface area contributed by atoms with Crippen LogP contribution in [0.5, 0.6) is 0 Å². The molecule has 1 aromatic rings. The first-order valence-corrected chi connectivity index (χ1v) is 8.93. The summed E-state index contributed by atoms with van der Waals surface area (Å²) in [5.74, 6) is 0.673. The van der Waals surface area contributed by atoms with E-state index in [4.69, 9.17) is 11.6 Å². The Morgan fingerprint density at radius 1 is 1.25 bits per heavy atom. The summed E-state index contributed by atoms with van der Waals surface area (Å²) in [6.45, 7) is 6.44. The first-order valence-electron chi connectivity index (χ1n) is 8.55. The fourth-order valence-corrected chi connectivity index (χ4v) is 3.54. The first kappa shape index (κ1) is 17.2. The van der Waals surface area contributed by atoms with Gasteiger partial charge in [0.25, 0.3) is 0 Å². The third-order valence-electron chi connectivity index (χ3n) is 4.95. The summed E-state index contributed by atoms with van der Waals surface area (Å²) in [5, 5.41) is 3.77. The van der Waals surface area contributed by atoms with Gasteiger partial charge in [0, 0.05) is 57.1 Å². The van der Waals surface area contributed by atoms with Gasteiger partial charge < -0.3 is 10.2 Å². The molecule has 130 valence electrons. The number of hydrogen-bond acceptors (Lipinski definition) is 3. The third-order valence-corrected chi connectivity index (χ3v) is 5.18. The van der Waals surface area contributed by atoms with Gasteiger partial charge in [0.2, 0.25) is 11.8 Å². The Morgan fingerprint density at radius 2 is 2.00 bits per heavy atom. The molecule has 24 heavy (non-hydrogen) atoms. The van der Waals surface area contributed by atoms with Crippen molar-refractivity contribution in [2.75, 3.05) is 39.3 Å². The molecule has 0 aromatic heterocycles. The van der Waals surface area contributed by atoms with E-state index in [9.17, 15) is 9.59 Å². The Balaban J connectivity index is 1.36. The molecule has 0 bridgehead atoms. The standard InChI is InChI=1S/C18H24ClN3O2/c1-13(23)22-9-7-21(8-10-22)6-5-20-18(24)17-12-16(17)14-3-2-4-15(19)11-14/h2-4,11,16-17H,5-10,12H2,1H3,(H,20,24)/t16-,17-/m0/s1. The van der Waals surface area contributed by atoms with E-state index in [2.05, 4.69) is 10.2 Å². The number of piperazine rings is 1. The number of amides is 2. The van der Waals surface area contributed by atoms with E-state index >= 15 is 0 Å². The van der Waals surface area contributed by atoms with Crippen LogP contribution >= 0.6 is 11.6 Å². The largest absolute Gasteiger partial charge is 0.355 e. The lowest BCUT2D eigenvalue weighted by Gasteiger charge is -2.34. The van der Waals surface area contributed by atoms with Crippen molar-refractivity contribution in [2.24, 2.45) is 5.92 Å². The molecule has 1 saturated carbocycles. The van der Waals surface area contributed by atoms with Crippen molar-refractivity contribution in [3.8, 4) is 0 Å². The Labute approximate surface area is 147 Å². The fourth-order valence-electron chi connectivity index (χ4n) is 3.35. The van der Waals surface area contributed by atoms with Crippen molar-refractivity contribution in [2.45, 2.75) is 19.3 Å². The molecule has 1 aliphatic carbocycles. The number of carbonyl (C=O) groups excluding carboxylic acids is 2. The minimum Gasteiger partial charge on any atom is -0.355 e. The molecule has 1 aromatic carbocycles. The summed E-state index contributed by atoms with van der Waals surface area (Å²) in [4.78, 5) is 27.7. The van der Waals surface area contributed by atoms with Crippen LogP contribution in [0.1, 0.15) is 24.8 Å². The maximum atomic E-state index is 12.2. The highest BCUT2D eigenvalue weighted by atomic mass is 35.5. The number of carbonyl (C=O) groups is 2. The molecule has 0 spiro atoms. The van der Waals surface area contributed by atoms with Crippen LogP contribution in [0.2, 0.25) is 5.02 Å². The number of halogens is 1. The van der Waals surface area contributed by atoms with Crippen LogP contribution in [0.4, 0.5) is 0 Å². The molecule has 0 radical (unpaired) electrons. The van der Waals surface area contributed by atoms with E-state index in [1.165, 1.54) is 0 Å². The monoisotopic (exact) mass is 349 g/mol. The van der Waals surface area contributed by atoms with Crippen LogP contribution < -0.4 is 5.32 Å². The molecule has 6 heteroatoms. The molecule has 2 amide bonds. The van der Waals surface area contributed by atoms with Gasteiger partial charge in [0.05, 0.1) is 0 Å². The van der Waals surface area contributed by atoms with Gasteiger partial charge in [-0.05, 0) is 30.0 Å². The van der Waals surface area contributed by atoms with Gasteiger partial charge >= 0.3 is 0 Å². The van der Waals surface area contributed by atoms with Crippen molar-refractivity contribution in [1.29, 1.82) is 0 Å². The average molecular weight is 350 g/mol. The van der Waals surface area contributed by atoms with E-state index in [1.807, 2.05) is 29.2 Å². The molecule has 0 unspecified atom stereocenters. The minimum atomic E-state index is 0.0815. The van der Waals surface area contributed by atoms with Crippen molar-refractivity contribution in [1.82, 2.24) is 15.1 Å². The summed E-state index contributed by atoms with van der Waals surface area (Å²) in [6, 6.07) is 7.78. The number of nitrogens with one attached hydrogen (secondary N) is 1. The van der Waals surface area contributed by atoms with Gasteiger partial charge in [-0.1, -0.05) is 23.7 Å². The highest BCUT2D eigenvalue weighted by molar-refractivity contribution is 6.30. The van der Waals surface area contributed by atoms with Crippen molar-refractivity contribution < 1.29 is 9.59 Å². The molecule has 2 fully saturated rings. The van der Waals surface area contributed by atoms with Gasteiger partial charge in [-0.15, -0.1) is 0 Å². The molecule has 2 aliphatic rings. The molecule has 1 aliphatic heterocycles. The lowest BCUT2D eigenvalue weighted by atomic mass is 10.1. The lowest BCUT2D eigenvalue weighted by molar-refractivity contribution is -0.130. The van der Waals surface area contributed by atoms with Crippen molar-refractivity contribution in [3.63, 3.8) is 0 Å². The Hall–Kier alpha value is -1.59. The Kier molecular flexibility index (Phi) is 5.41. The highest BCUT2D eigenvalue weighted by Crippen LogP contribution is 2.47. The maximum Gasteiger partial charge on any atom is 0.223 e. The maximum absolute atomic E-state index is 12.2. The van der Waals surface area contributed by atoms with E-state index in [0.717, 1.165) is 49.7 Å². The number of hydrogen-bond donors (Lipinski definition) is 1. The fraction of sp³-hybridized carbons (Fsp3) is 0.556. The molecular weight excluding hydrogens is 326 g/mol. The Morgan fingerprint density at radius 3 is 2.67 bits per heavy atom. The normalized spacial score (nSPS) is 23.8. The molecule has 1 saturated heterocycles. The van der Waals surface area contributed by atoms with Crippen molar-refractivity contribution >= 4 is 23.4 Å². The summed E-state index contributed by atoms with van der Waals surface area (Å²) in [6.07, 6.45) is 0.906. The summed E-state index contributed by atoms with van der Waals surface area (Å²) >= 11 is 6.01. The molecule has 5 nitrogen and oxygen atoms in total. The zero-order chi connectivity index (χ0) is 17.1. The summed E-state index contributed by atoms with van der Waals surface area (Å²) in [7, 11) is 0. The molecule has 2 atom stereocenters. The molecule has 1 heterocycles. The minimum absolute atomic E-state index is 0.0815. The first-order chi connectivity index (χ1) is 11.5. The van der Waals surface area contributed by atoms with Crippen LogP contribution in [0.3, 0.4) is 0 Å². The number of rotatable bonds is 5. The van der Waals surface area contributed by atoms with Gasteiger partial charge in [0.1, 0.15) is 0 Å². The molecule has 1 N–H and O–H groups in total. The summed E-state index contributed by atoms with van der Waals surface area (Å²) < 4.78 is 0. The third kappa shape index (κ3) is 4.28. The number of benzene rings is 1. The second-order valence-corrected chi connectivity index (χ2v) is 7.08. The van der Waals surface area contributed by atoms with Crippen LogP contribution in [0.15, 0.2) is 24.3 Å². The van der Waals surface area contributed by atoms with Crippen LogP contribution in [-0.2, 0) is 9.59 Å². The number of nitrogens with zero attached hydrogens (tertiary/aromatic N) is 2. The smallest absolute Gasteiger partial charge is 0.223 e. The second kappa shape index (κ2) is 7.53. The van der Waals surface area contributed by atoms with E-state index < -0.39 is 0 Å². The predicted molar refractivity (Wildman–Crippen MR) is 94.0 cm³/mol. The molecule has 3 rings (SSSR count). The summed E-state index contributed by atoms with van der Waals surface area (Å²) in [5.41, 5.74) is 1.16. The van der Waals surface area contributed by atoms with Gasteiger partial charge in [-0.2, -0.15) is 0 Å². The van der Waals surface area contributed by atoms with Crippen LogP contribution in [0.25, 0.3) is 0 Å². The van der Waals surface area contributed by atoms with E-state index in [-0.39, 0.29) is 17.7 Å². The average Bonchev–Trinajstić information content (AvgIpc) is 3.36. The second-order valence-electron chi connectivity index (χ2n) is 6.64. The van der Waals surface area contributed by atoms with E-state index in [1.54, 1.807) is 6.92 Å². The van der Waals surface area contributed by atoms with Gasteiger partial charge in [-0.25, -0.2) is 0 Å². The van der Waals surface area contributed by atoms with Crippen LogP contribution in [0, 0.1) is 5.92 Å². The Bertz CT molecular complexity index is 614. The topological polar surface area (TPSA) is 52.7 Å². The molecular formula is C18H24ClN3O2. The van der Waals surface area contributed by atoms with Crippen molar-refractivity contribution in [3.05, 3.63) is 34.9 Å². The SMILES string of the molecule is CC(=O)N1CCN(CCNC(=O)[C@H]2C[C@H]2c2cccc(Cl)c2)CC1. The van der Waals surface area contributed by atoms with Crippen LogP contribution in [-0.4, -0.2) is 60.9 Å². The highest BCUT2D eigenvalue weighted by Gasteiger charge is 2.43. The van der Waals surface area contributed by atoms with E-state index in [0.29, 0.717) is 12.5 Å². The van der Waals surface area contributed by atoms with Gasteiger partial charge in [-0.3, -0.25) is 14.5 Å². The zero-order valence-corrected chi connectivity index (χ0v) is 14.8. The lowest BCUT2D eigenvalue weighted by Crippen LogP contribution is -2.49. The quantitative estimate of drug-likeness (QED) is 0.880. The predicted octanol–water partition coefficient (Wildman–Crippen LogP) is 1.72. The van der Waals surface area contributed by atoms with Gasteiger partial charge in [0.15, 0.2) is 0 Å².